The molecule has 174 valence electrons. The lowest BCUT2D eigenvalue weighted by atomic mass is 9.98. The molecule has 1 saturated carbocycles. The molecule has 1 aliphatic heterocycles. The number of likely N-dealkylation sites (tertiary alicyclic amines) is 1. The van der Waals surface area contributed by atoms with E-state index >= 15 is 0 Å². The summed E-state index contributed by atoms with van der Waals surface area (Å²) in [5.41, 5.74) is 3.75. The average molecular weight is 449 g/mol. The number of benzene rings is 2. The number of nitrogens with zero attached hydrogens (tertiary/aromatic N) is 1. The Morgan fingerprint density at radius 1 is 0.909 bits per heavy atom. The zero-order chi connectivity index (χ0) is 23.4. The monoisotopic (exact) mass is 448 g/mol. The SMILES string of the molecule is Cc1c(NCC(=O)Nc2ccc(C(=O)N3CCC(C)CC3)cc2)cccc1NC(=O)C1CC1. The predicted molar refractivity (Wildman–Crippen MR) is 130 cm³/mol. The third-order valence-electron chi connectivity index (χ3n) is 6.47. The molecule has 0 radical (unpaired) electrons. The molecule has 0 bridgehead atoms. The molecule has 1 saturated heterocycles. The number of carbonyl (C=O) groups is 3. The summed E-state index contributed by atoms with van der Waals surface area (Å²) >= 11 is 0. The molecule has 0 atom stereocenters. The number of carbonyl (C=O) groups excluding carboxylic acids is 3. The number of anilines is 3. The zero-order valence-corrected chi connectivity index (χ0v) is 19.3. The van der Waals surface area contributed by atoms with Crippen molar-refractivity contribution >= 4 is 34.8 Å². The van der Waals surface area contributed by atoms with Gasteiger partial charge in [0.2, 0.25) is 11.8 Å². The summed E-state index contributed by atoms with van der Waals surface area (Å²) in [5, 5.41) is 8.97. The fourth-order valence-electron chi connectivity index (χ4n) is 4.01. The van der Waals surface area contributed by atoms with Crippen LogP contribution in [-0.2, 0) is 9.59 Å². The molecule has 7 heteroatoms. The van der Waals surface area contributed by atoms with Gasteiger partial charge >= 0.3 is 0 Å². The van der Waals surface area contributed by atoms with Gasteiger partial charge in [0.25, 0.3) is 5.91 Å². The van der Waals surface area contributed by atoms with Crippen LogP contribution in [0.2, 0.25) is 0 Å². The Labute approximate surface area is 194 Å². The molecule has 0 unspecified atom stereocenters. The summed E-state index contributed by atoms with van der Waals surface area (Å²) in [7, 11) is 0. The standard InChI is InChI=1S/C26H32N4O3/c1-17-12-14-30(15-13-17)26(33)20-8-10-21(11-9-20)28-24(31)16-27-22-4-3-5-23(18(22)2)29-25(32)19-6-7-19/h3-5,8-11,17,19,27H,6-7,12-16H2,1-2H3,(H,28,31)(H,29,32). The van der Waals surface area contributed by atoms with Crippen molar-refractivity contribution in [3.63, 3.8) is 0 Å². The topological polar surface area (TPSA) is 90.5 Å². The minimum atomic E-state index is -0.189. The molecule has 3 N–H and O–H groups in total. The minimum Gasteiger partial charge on any atom is -0.376 e. The first-order valence-corrected chi connectivity index (χ1v) is 11.7. The summed E-state index contributed by atoms with van der Waals surface area (Å²) in [5.74, 6) is 0.728. The van der Waals surface area contributed by atoms with Gasteiger partial charge in [-0.05, 0) is 80.5 Å². The summed E-state index contributed by atoms with van der Waals surface area (Å²) in [6.07, 6.45) is 4.00. The molecular weight excluding hydrogens is 416 g/mol. The van der Waals surface area contributed by atoms with Gasteiger partial charge in [0, 0.05) is 41.6 Å². The van der Waals surface area contributed by atoms with Crippen LogP contribution in [0.1, 0.15) is 48.5 Å². The Morgan fingerprint density at radius 2 is 1.58 bits per heavy atom. The molecule has 33 heavy (non-hydrogen) atoms. The van der Waals surface area contributed by atoms with Gasteiger partial charge in [0.15, 0.2) is 0 Å². The third kappa shape index (κ3) is 5.92. The second-order valence-corrected chi connectivity index (χ2v) is 9.20. The van der Waals surface area contributed by atoms with E-state index in [1.807, 2.05) is 30.0 Å². The van der Waals surface area contributed by atoms with E-state index in [4.69, 9.17) is 0 Å². The summed E-state index contributed by atoms with van der Waals surface area (Å²) in [4.78, 5) is 39.1. The van der Waals surface area contributed by atoms with E-state index in [9.17, 15) is 14.4 Å². The normalized spacial score (nSPS) is 16.2. The van der Waals surface area contributed by atoms with Crippen molar-refractivity contribution in [2.45, 2.75) is 39.5 Å². The third-order valence-corrected chi connectivity index (χ3v) is 6.47. The van der Waals surface area contributed by atoms with Gasteiger partial charge in [0.05, 0.1) is 6.54 Å². The van der Waals surface area contributed by atoms with E-state index in [1.165, 1.54) is 0 Å². The Hall–Kier alpha value is -3.35. The van der Waals surface area contributed by atoms with Crippen molar-refractivity contribution in [3.8, 4) is 0 Å². The highest BCUT2D eigenvalue weighted by Crippen LogP contribution is 2.31. The van der Waals surface area contributed by atoms with Gasteiger partial charge in [0.1, 0.15) is 0 Å². The molecule has 2 aliphatic rings. The Balaban J connectivity index is 1.28. The lowest BCUT2D eigenvalue weighted by Gasteiger charge is -2.30. The van der Waals surface area contributed by atoms with Gasteiger partial charge in [-0.2, -0.15) is 0 Å². The van der Waals surface area contributed by atoms with Crippen LogP contribution in [0.4, 0.5) is 17.1 Å². The quantitative estimate of drug-likeness (QED) is 0.590. The van der Waals surface area contributed by atoms with Crippen LogP contribution in [0.5, 0.6) is 0 Å². The molecule has 4 rings (SSSR count). The zero-order valence-electron chi connectivity index (χ0n) is 19.3. The molecule has 3 amide bonds. The van der Waals surface area contributed by atoms with Gasteiger partial charge in [-0.3, -0.25) is 14.4 Å². The summed E-state index contributed by atoms with van der Waals surface area (Å²) < 4.78 is 0. The first kappa shape index (κ1) is 22.8. The van der Waals surface area contributed by atoms with Crippen molar-refractivity contribution in [1.29, 1.82) is 0 Å². The van der Waals surface area contributed by atoms with Gasteiger partial charge < -0.3 is 20.9 Å². The van der Waals surface area contributed by atoms with Crippen molar-refractivity contribution in [2.75, 3.05) is 35.6 Å². The highest BCUT2D eigenvalue weighted by atomic mass is 16.2. The number of hydrogen-bond donors (Lipinski definition) is 3. The maximum absolute atomic E-state index is 12.7. The number of piperidine rings is 1. The highest BCUT2D eigenvalue weighted by Gasteiger charge is 2.29. The second kappa shape index (κ2) is 10.1. The number of rotatable bonds is 7. The van der Waals surface area contributed by atoms with E-state index in [0.717, 1.165) is 55.7 Å². The van der Waals surface area contributed by atoms with Crippen LogP contribution in [0, 0.1) is 18.8 Å². The number of amides is 3. The molecule has 2 fully saturated rings. The van der Waals surface area contributed by atoms with Crippen molar-refractivity contribution in [2.24, 2.45) is 11.8 Å². The van der Waals surface area contributed by atoms with Crippen molar-refractivity contribution < 1.29 is 14.4 Å². The summed E-state index contributed by atoms with van der Waals surface area (Å²) in [6.45, 7) is 5.83. The minimum absolute atomic E-state index is 0.0468. The second-order valence-electron chi connectivity index (χ2n) is 9.20. The van der Waals surface area contributed by atoms with E-state index in [1.54, 1.807) is 24.3 Å². The number of nitrogens with one attached hydrogen (secondary N) is 3. The van der Waals surface area contributed by atoms with E-state index in [0.29, 0.717) is 17.2 Å². The molecule has 1 heterocycles. The molecule has 2 aromatic rings. The van der Waals surface area contributed by atoms with Gasteiger partial charge in [-0.25, -0.2) is 0 Å². The summed E-state index contributed by atoms with van der Waals surface area (Å²) in [6, 6.07) is 12.7. The molecular formula is C26H32N4O3. The van der Waals surface area contributed by atoms with E-state index in [-0.39, 0.29) is 30.2 Å². The van der Waals surface area contributed by atoms with Crippen LogP contribution >= 0.6 is 0 Å². The lowest BCUT2D eigenvalue weighted by molar-refractivity contribution is -0.117. The first-order valence-electron chi connectivity index (χ1n) is 11.7. The van der Waals surface area contributed by atoms with Crippen LogP contribution < -0.4 is 16.0 Å². The number of hydrogen-bond acceptors (Lipinski definition) is 4. The van der Waals surface area contributed by atoms with Gasteiger partial charge in [-0.15, -0.1) is 0 Å². The van der Waals surface area contributed by atoms with Crippen LogP contribution in [-0.4, -0.2) is 42.3 Å². The Kier molecular flexibility index (Phi) is 6.96. The fourth-order valence-corrected chi connectivity index (χ4v) is 4.01. The largest absolute Gasteiger partial charge is 0.376 e. The smallest absolute Gasteiger partial charge is 0.253 e. The van der Waals surface area contributed by atoms with Gasteiger partial charge in [-0.1, -0.05) is 13.0 Å². The first-order chi connectivity index (χ1) is 15.9. The molecule has 0 aromatic heterocycles. The van der Waals surface area contributed by atoms with E-state index in [2.05, 4.69) is 22.9 Å². The Bertz CT molecular complexity index is 1020. The highest BCUT2D eigenvalue weighted by molar-refractivity contribution is 5.97. The van der Waals surface area contributed by atoms with Crippen LogP contribution in [0.25, 0.3) is 0 Å². The maximum atomic E-state index is 12.7. The molecule has 7 nitrogen and oxygen atoms in total. The lowest BCUT2D eigenvalue weighted by Crippen LogP contribution is -2.37. The van der Waals surface area contributed by atoms with Crippen molar-refractivity contribution in [3.05, 3.63) is 53.6 Å². The fraction of sp³-hybridized carbons (Fsp3) is 0.423. The van der Waals surface area contributed by atoms with Crippen molar-refractivity contribution in [1.82, 2.24) is 4.90 Å². The molecule has 0 spiro atoms. The van der Waals surface area contributed by atoms with Crippen LogP contribution in [0.15, 0.2) is 42.5 Å². The Morgan fingerprint density at radius 3 is 2.24 bits per heavy atom. The molecule has 2 aromatic carbocycles. The van der Waals surface area contributed by atoms with E-state index < -0.39 is 0 Å². The predicted octanol–water partition coefficient (Wildman–Crippen LogP) is 4.27. The average Bonchev–Trinajstić information content (AvgIpc) is 3.66. The molecule has 1 aliphatic carbocycles. The van der Waals surface area contributed by atoms with Crippen LogP contribution in [0.3, 0.4) is 0 Å². The maximum Gasteiger partial charge on any atom is 0.253 e.